The number of nitrogens with two attached hydrogens (primary N) is 1. The van der Waals surface area contributed by atoms with Crippen LogP contribution in [0.4, 0.5) is 24.8 Å². The number of methoxy groups -OCH3 is 3. The molecule has 0 aliphatic heterocycles. The number of pyridine rings is 2. The van der Waals surface area contributed by atoms with Gasteiger partial charge in [0.1, 0.15) is 35.4 Å². The first kappa shape index (κ1) is 40.7. The molecule has 3 aromatic heterocycles. The molecule has 0 unspecified atom stereocenters. The number of alkyl halides is 3. The molecule has 1 saturated carbocycles. The molecule has 1 fully saturated rings. The van der Waals surface area contributed by atoms with E-state index in [4.69, 9.17) is 30.0 Å². The molecule has 0 saturated heterocycles. The Morgan fingerprint density at radius 2 is 1.82 bits per heavy atom. The van der Waals surface area contributed by atoms with Crippen molar-refractivity contribution in [3.8, 4) is 22.8 Å². The molecular weight excluding hydrogens is 743 g/mol. The number of benzene rings is 2. The third-order valence-corrected chi connectivity index (χ3v) is 9.65. The molecule has 2 aromatic carbocycles. The van der Waals surface area contributed by atoms with E-state index in [1.807, 2.05) is 29.0 Å². The van der Waals surface area contributed by atoms with Crippen LogP contribution >= 0.6 is 0 Å². The highest BCUT2D eigenvalue weighted by molar-refractivity contribution is 6.06. The first-order valence-electron chi connectivity index (χ1n) is 18.4. The largest absolute Gasteiger partial charge is 0.497 e. The number of halogens is 3. The Kier molecular flexibility index (Phi) is 13.1. The van der Waals surface area contributed by atoms with Crippen LogP contribution in [0.15, 0.2) is 73.1 Å². The van der Waals surface area contributed by atoms with Crippen LogP contribution in [0.3, 0.4) is 0 Å². The van der Waals surface area contributed by atoms with Gasteiger partial charge in [0.25, 0.3) is 5.91 Å². The Balaban J connectivity index is 1.40. The smallest absolute Gasteiger partial charge is 0.416 e. The van der Waals surface area contributed by atoms with Crippen LogP contribution in [0.5, 0.6) is 11.5 Å². The number of carbonyl (C=O) groups is 2. The number of hydrogen-bond acceptors (Lipinski definition) is 11. The zero-order chi connectivity index (χ0) is 40.5. The lowest BCUT2D eigenvalue weighted by molar-refractivity contribution is -0.145. The summed E-state index contributed by atoms with van der Waals surface area (Å²) in [5.74, 6) is 0.540. The summed E-state index contributed by atoms with van der Waals surface area (Å²) >= 11 is 0. The van der Waals surface area contributed by atoms with Crippen molar-refractivity contribution in [1.82, 2.24) is 19.7 Å². The number of ether oxygens (including phenoxy) is 4. The van der Waals surface area contributed by atoms with E-state index >= 15 is 0 Å². The molecule has 300 valence electrons. The van der Waals surface area contributed by atoms with Gasteiger partial charge >= 0.3 is 12.1 Å². The van der Waals surface area contributed by atoms with E-state index in [1.54, 1.807) is 50.7 Å². The first-order chi connectivity index (χ1) is 27.5. The molecule has 4 N–H and O–H groups in total. The number of anilines is 2. The van der Waals surface area contributed by atoms with Gasteiger partial charge in [0.15, 0.2) is 0 Å². The van der Waals surface area contributed by atoms with E-state index in [0.717, 1.165) is 66.0 Å². The van der Waals surface area contributed by atoms with Gasteiger partial charge < -0.3 is 35.3 Å². The van der Waals surface area contributed by atoms with Gasteiger partial charge in [-0.05, 0) is 68.5 Å². The van der Waals surface area contributed by atoms with Crippen molar-refractivity contribution >= 4 is 40.5 Å². The number of nitrogens with one attached hydrogen (secondary N) is 2. The molecule has 1 aliphatic rings. The highest BCUT2D eigenvalue weighted by Gasteiger charge is 2.31. The van der Waals surface area contributed by atoms with E-state index in [-0.39, 0.29) is 30.1 Å². The lowest BCUT2D eigenvalue weighted by Crippen LogP contribution is -2.29. The second-order valence-corrected chi connectivity index (χ2v) is 13.5. The molecule has 3 heterocycles. The SMILES string of the molecule is COC(=O)COCC/C=C/c1cnc(NCc2ccc(OC)cc2OC)c2c(-c3ccc(C(=O)Nc4cc(C(F)(F)F)ccn4)cc3)nn([C@@H]3CCC[C@@H](N)C3)c12. The summed E-state index contributed by atoms with van der Waals surface area (Å²) in [5, 5.41) is 11.9. The zero-order valence-corrected chi connectivity index (χ0v) is 31.8. The Bertz CT molecular complexity index is 2230. The number of hydrogen-bond donors (Lipinski definition) is 3. The summed E-state index contributed by atoms with van der Waals surface area (Å²) in [6, 6.07) is 13.8. The Morgan fingerprint density at radius 1 is 1.02 bits per heavy atom. The van der Waals surface area contributed by atoms with E-state index < -0.39 is 23.6 Å². The van der Waals surface area contributed by atoms with Crippen LogP contribution < -0.4 is 25.8 Å². The summed E-state index contributed by atoms with van der Waals surface area (Å²) < 4.78 is 63.0. The molecule has 16 heteroatoms. The number of fused-ring (bicyclic) bond motifs is 1. The second kappa shape index (κ2) is 18.3. The summed E-state index contributed by atoms with van der Waals surface area (Å²) in [7, 11) is 4.48. The molecule has 0 bridgehead atoms. The number of rotatable bonds is 15. The predicted molar refractivity (Wildman–Crippen MR) is 209 cm³/mol. The average Bonchev–Trinajstić information content (AvgIpc) is 3.62. The minimum Gasteiger partial charge on any atom is -0.497 e. The molecule has 1 amide bonds. The number of esters is 1. The lowest BCUT2D eigenvalue weighted by atomic mass is 9.91. The average molecular weight is 788 g/mol. The molecule has 1 aliphatic carbocycles. The summed E-state index contributed by atoms with van der Waals surface area (Å²) in [4.78, 5) is 33.4. The van der Waals surface area contributed by atoms with Gasteiger partial charge in [-0.2, -0.15) is 18.3 Å². The van der Waals surface area contributed by atoms with Crippen molar-refractivity contribution in [1.29, 1.82) is 0 Å². The van der Waals surface area contributed by atoms with Gasteiger partial charge in [-0.25, -0.2) is 14.8 Å². The molecule has 6 rings (SSSR count). The quantitative estimate of drug-likeness (QED) is 0.0714. The molecule has 0 radical (unpaired) electrons. The summed E-state index contributed by atoms with van der Waals surface area (Å²) in [6.07, 6.45) is 6.04. The van der Waals surface area contributed by atoms with E-state index in [1.165, 1.54) is 7.11 Å². The fourth-order valence-corrected chi connectivity index (χ4v) is 6.74. The van der Waals surface area contributed by atoms with Crippen molar-refractivity contribution in [2.45, 2.75) is 56.9 Å². The maximum atomic E-state index is 13.3. The second-order valence-electron chi connectivity index (χ2n) is 13.5. The van der Waals surface area contributed by atoms with Crippen LogP contribution in [0.1, 0.15) is 65.2 Å². The first-order valence-corrected chi connectivity index (χ1v) is 18.4. The maximum absolute atomic E-state index is 13.3. The third-order valence-electron chi connectivity index (χ3n) is 9.65. The highest BCUT2D eigenvalue weighted by atomic mass is 19.4. The molecule has 57 heavy (non-hydrogen) atoms. The third kappa shape index (κ3) is 9.88. The fourth-order valence-electron chi connectivity index (χ4n) is 6.74. The van der Waals surface area contributed by atoms with E-state index in [9.17, 15) is 22.8 Å². The van der Waals surface area contributed by atoms with Crippen molar-refractivity contribution in [3.05, 3.63) is 95.3 Å². The number of carbonyl (C=O) groups excluding carboxylic acids is 2. The number of amides is 1. The molecule has 0 spiro atoms. The van der Waals surface area contributed by atoms with Crippen molar-refractivity contribution in [2.24, 2.45) is 5.73 Å². The molecule has 5 aromatic rings. The fraction of sp³-hybridized carbons (Fsp3) is 0.341. The Hall–Kier alpha value is -6.00. The summed E-state index contributed by atoms with van der Waals surface area (Å²) in [6.45, 7) is 0.511. The number of aromatic nitrogens is 4. The Morgan fingerprint density at radius 3 is 2.54 bits per heavy atom. The Labute approximate surface area is 327 Å². The van der Waals surface area contributed by atoms with Crippen LogP contribution in [0.25, 0.3) is 28.2 Å². The van der Waals surface area contributed by atoms with Crippen molar-refractivity contribution in [2.75, 3.05) is 45.2 Å². The molecule has 13 nitrogen and oxygen atoms in total. The van der Waals surface area contributed by atoms with Gasteiger partial charge in [-0.3, -0.25) is 9.48 Å². The topological polar surface area (TPSA) is 165 Å². The van der Waals surface area contributed by atoms with Crippen molar-refractivity contribution in [3.63, 3.8) is 0 Å². The number of nitrogens with zero attached hydrogens (tertiary/aromatic N) is 4. The normalized spacial score (nSPS) is 15.8. The van der Waals surface area contributed by atoms with Gasteiger partial charge in [0.05, 0.1) is 50.4 Å². The zero-order valence-electron chi connectivity index (χ0n) is 31.8. The van der Waals surface area contributed by atoms with Crippen molar-refractivity contribution < 1.29 is 41.7 Å². The molecule has 2 atom stereocenters. The lowest BCUT2D eigenvalue weighted by Gasteiger charge is -2.27. The summed E-state index contributed by atoms with van der Waals surface area (Å²) in [5.41, 5.74) is 9.55. The minimum atomic E-state index is -4.59. The minimum absolute atomic E-state index is 0.00322. The molecular formula is C41H44F3N7O6. The van der Waals surface area contributed by atoms with Gasteiger partial charge in [0, 0.05) is 53.3 Å². The van der Waals surface area contributed by atoms with Gasteiger partial charge in [0.2, 0.25) is 0 Å². The van der Waals surface area contributed by atoms with E-state index in [2.05, 4.69) is 20.4 Å². The van der Waals surface area contributed by atoms with Gasteiger partial charge in [-0.15, -0.1) is 0 Å². The monoisotopic (exact) mass is 787 g/mol. The predicted octanol–water partition coefficient (Wildman–Crippen LogP) is 7.43. The van der Waals surface area contributed by atoms with Crippen LogP contribution in [0.2, 0.25) is 0 Å². The van der Waals surface area contributed by atoms with Crippen LogP contribution in [-0.2, 0) is 27.0 Å². The van der Waals surface area contributed by atoms with Crippen LogP contribution in [-0.4, -0.2) is 72.2 Å². The standard InChI is InChI=1S/C41H44F3N7O6/c1-54-32-15-14-27(33(21-32)55-2)22-47-39-36-37(25-10-12-26(13-11-25)40(53)49-34-19-29(16-17-46-34)41(42,43)44)50-51(31-9-6-8-30(45)20-31)38(36)28(23-48-39)7-4-5-18-57-24-35(52)56-3/h4,7,10-17,19,21,23,30-31H,5-6,8-9,18,20,22,24,45H2,1-3H3,(H,47,48)(H,46,49,53)/b7-4+/t30-,31-/m1/s1. The maximum Gasteiger partial charge on any atom is 0.416 e. The highest BCUT2D eigenvalue weighted by Crippen LogP contribution is 2.40. The van der Waals surface area contributed by atoms with Crippen LogP contribution in [0, 0.1) is 0 Å². The van der Waals surface area contributed by atoms with Gasteiger partial charge in [-0.1, -0.05) is 24.3 Å². The van der Waals surface area contributed by atoms with E-state index in [0.29, 0.717) is 48.1 Å².